The molecule has 3 fully saturated rings. The number of carboxylic acid groups (broad SMARTS) is 1. The number of aliphatic hydroxyl groups excluding tert-OH is 3. The van der Waals surface area contributed by atoms with Crippen LogP contribution in [0.4, 0.5) is 0 Å². The van der Waals surface area contributed by atoms with Crippen LogP contribution in [-0.2, 0) is 23.7 Å². The number of ether oxygens (including phenoxy) is 4. The molecule has 10 nitrogen and oxygen atoms in total. The molecule has 0 saturated carbocycles. The number of hydrogen-bond acceptors (Lipinski definition) is 9. The summed E-state index contributed by atoms with van der Waals surface area (Å²) < 4.78 is 26.0. The molecule has 10 heteroatoms. The highest BCUT2D eigenvalue weighted by molar-refractivity contribution is 5.69. The highest BCUT2D eigenvalue weighted by atomic mass is 16.7. The van der Waals surface area contributed by atoms with Gasteiger partial charge >= 0.3 is 5.97 Å². The van der Waals surface area contributed by atoms with E-state index in [-0.39, 0.29) is 48.1 Å². The van der Waals surface area contributed by atoms with E-state index in [9.17, 15) is 30.3 Å². The lowest BCUT2D eigenvalue weighted by atomic mass is 9.80. The molecule has 0 aliphatic carbocycles. The van der Waals surface area contributed by atoms with Gasteiger partial charge in [0.15, 0.2) is 5.79 Å². The molecule has 44 heavy (non-hydrogen) atoms. The highest BCUT2D eigenvalue weighted by Gasteiger charge is 2.58. The SMILES string of the molecule is CCC1(C2OC(C3OC(O)(CO)[C@H](C)C[C@@H]3C)CC2C)CCC(C2(C)CC(C(O)[C@@H](C)C(O)C(C)C[C@H](C)C(=O)O)=CO2)O1. The van der Waals surface area contributed by atoms with Gasteiger partial charge in [0, 0.05) is 18.3 Å². The predicted molar refractivity (Wildman–Crippen MR) is 163 cm³/mol. The molecule has 254 valence electrons. The normalized spacial score (nSPS) is 44.5. The smallest absolute Gasteiger partial charge is 0.306 e. The lowest BCUT2D eigenvalue weighted by Crippen LogP contribution is -2.55. The number of aliphatic carboxylic acids is 1. The molecule has 4 heterocycles. The summed E-state index contributed by atoms with van der Waals surface area (Å²) in [5.74, 6) is -3.61. The molecule has 4 aliphatic rings. The van der Waals surface area contributed by atoms with Gasteiger partial charge in [-0.25, -0.2) is 0 Å². The summed E-state index contributed by atoms with van der Waals surface area (Å²) in [6.45, 7) is 15.1. The van der Waals surface area contributed by atoms with E-state index in [0.29, 0.717) is 18.4 Å². The van der Waals surface area contributed by atoms with Gasteiger partial charge in [-0.1, -0.05) is 48.5 Å². The second-order valence-corrected chi connectivity index (χ2v) is 15.1. The zero-order valence-corrected chi connectivity index (χ0v) is 27.9. The quantitative estimate of drug-likeness (QED) is 0.215. The van der Waals surface area contributed by atoms with E-state index in [2.05, 4.69) is 20.8 Å². The van der Waals surface area contributed by atoms with Crippen molar-refractivity contribution in [3.63, 3.8) is 0 Å². The van der Waals surface area contributed by atoms with Gasteiger partial charge in [0.25, 0.3) is 0 Å². The zero-order valence-electron chi connectivity index (χ0n) is 27.9. The van der Waals surface area contributed by atoms with E-state index in [1.54, 1.807) is 20.1 Å². The molecule has 0 radical (unpaired) electrons. The van der Waals surface area contributed by atoms with Crippen molar-refractivity contribution in [3.05, 3.63) is 11.8 Å². The first-order valence-corrected chi connectivity index (χ1v) is 16.8. The Hall–Kier alpha value is -1.27. The first kappa shape index (κ1) is 35.6. The third kappa shape index (κ3) is 6.73. The molecule has 0 aromatic carbocycles. The van der Waals surface area contributed by atoms with Gasteiger partial charge in [0.1, 0.15) is 5.60 Å². The van der Waals surface area contributed by atoms with E-state index >= 15 is 0 Å². The van der Waals surface area contributed by atoms with Gasteiger partial charge < -0.3 is 44.5 Å². The van der Waals surface area contributed by atoms with Crippen LogP contribution in [0.5, 0.6) is 0 Å². The number of rotatable bonds is 12. The van der Waals surface area contributed by atoms with Crippen LogP contribution in [-0.4, -0.2) is 91.7 Å². The van der Waals surface area contributed by atoms with Crippen molar-refractivity contribution in [1.82, 2.24) is 0 Å². The van der Waals surface area contributed by atoms with E-state index in [1.807, 2.05) is 20.8 Å². The molecular formula is C34H58O10. The minimum atomic E-state index is -1.56. The van der Waals surface area contributed by atoms with Crippen molar-refractivity contribution < 1.29 is 49.3 Å². The molecule has 0 aromatic rings. The molecular weight excluding hydrogens is 568 g/mol. The fourth-order valence-electron chi connectivity index (χ4n) is 8.48. The monoisotopic (exact) mass is 626 g/mol. The second-order valence-electron chi connectivity index (χ2n) is 15.1. The van der Waals surface area contributed by atoms with Gasteiger partial charge in [-0.05, 0) is 68.8 Å². The Labute approximate surface area is 263 Å². The topological polar surface area (TPSA) is 155 Å². The van der Waals surface area contributed by atoms with Gasteiger partial charge in [-0.2, -0.15) is 0 Å². The fourth-order valence-corrected chi connectivity index (χ4v) is 8.48. The van der Waals surface area contributed by atoms with Crippen molar-refractivity contribution in [3.8, 4) is 0 Å². The van der Waals surface area contributed by atoms with E-state index in [0.717, 1.165) is 32.1 Å². The zero-order chi connectivity index (χ0) is 32.8. The Morgan fingerprint density at radius 3 is 2.39 bits per heavy atom. The summed E-state index contributed by atoms with van der Waals surface area (Å²) in [5.41, 5.74) is -0.489. The van der Waals surface area contributed by atoms with Crippen LogP contribution in [0.25, 0.3) is 0 Å². The summed E-state index contributed by atoms with van der Waals surface area (Å²) in [6.07, 6.45) is 3.56. The van der Waals surface area contributed by atoms with Crippen molar-refractivity contribution >= 4 is 5.97 Å². The van der Waals surface area contributed by atoms with Crippen LogP contribution in [0.3, 0.4) is 0 Å². The molecule has 0 aromatic heterocycles. The number of carboxylic acids is 1. The standard InChI is InChI=1S/C34H58O10/c1-9-33(30-20(4)14-25(42-30)29-19(3)13-22(6)34(40,17-35)44-29)11-10-26(43-33)32(8)15-24(16-41-32)28(37)23(7)27(36)18(2)12-21(5)31(38)39/h16,18-23,25-30,35-37,40H,9-15,17H2,1-8H3,(H,38,39)/t18?,19-,20?,21-,22+,23-,25?,26?,27?,28?,29?,30?,32?,33?,34?/m0/s1. The van der Waals surface area contributed by atoms with Crippen LogP contribution in [0.2, 0.25) is 0 Å². The Morgan fingerprint density at radius 1 is 1.09 bits per heavy atom. The first-order valence-electron chi connectivity index (χ1n) is 16.8. The maximum absolute atomic E-state index is 11.3. The van der Waals surface area contributed by atoms with Crippen LogP contribution in [0.15, 0.2) is 11.8 Å². The van der Waals surface area contributed by atoms with E-state index in [4.69, 9.17) is 18.9 Å². The van der Waals surface area contributed by atoms with Gasteiger partial charge in [0.2, 0.25) is 0 Å². The minimum Gasteiger partial charge on any atom is -0.492 e. The van der Waals surface area contributed by atoms with Gasteiger partial charge in [-0.15, -0.1) is 0 Å². The van der Waals surface area contributed by atoms with Crippen molar-refractivity contribution in [2.24, 2.45) is 35.5 Å². The van der Waals surface area contributed by atoms with Crippen molar-refractivity contribution in [1.29, 1.82) is 0 Å². The molecule has 15 atom stereocenters. The fraction of sp³-hybridized carbons (Fsp3) is 0.912. The first-order chi connectivity index (χ1) is 20.5. The van der Waals surface area contributed by atoms with Gasteiger partial charge in [-0.3, -0.25) is 4.79 Å². The Morgan fingerprint density at radius 2 is 1.77 bits per heavy atom. The average Bonchev–Trinajstić information content (AvgIpc) is 3.71. The molecule has 4 aliphatic heterocycles. The number of aliphatic hydroxyl groups is 4. The largest absolute Gasteiger partial charge is 0.492 e. The highest BCUT2D eigenvalue weighted by Crippen LogP contribution is 2.51. The molecule has 0 amide bonds. The van der Waals surface area contributed by atoms with Crippen LogP contribution in [0.1, 0.15) is 100 Å². The number of carbonyl (C=O) groups is 1. The molecule has 11 unspecified atom stereocenters. The van der Waals surface area contributed by atoms with Crippen LogP contribution < -0.4 is 0 Å². The van der Waals surface area contributed by atoms with Crippen molar-refractivity contribution in [2.75, 3.05) is 6.61 Å². The average molecular weight is 627 g/mol. The molecule has 4 rings (SSSR count). The summed E-state index contributed by atoms with van der Waals surface area (Å²) in [6, 6.07) is 0. The summed E-state index contributed by atoms with van der Waals surface area (Å²) in [5, 5.41) is 52.2. The van der Waals surface area contributed by atoms with Crippen LogP contribution >= 0.6 is 0 Å². The second kappa shape index (κ2) is 13.5. The lowest BCUT2D eigenvalue weighted by molar-refractivity contribution is -0.321. The third-order valence-electron chi connectivity index (χ3n) is 11.6. The minimum absolute atomic E-state index is 0.159. The maximum atomic E-state index is 11.3. The molecule has 5 N–H and O–H groups in total. The summed E-state index contributed by atoms with van der Waals surface area (Å²) >= 11 is 0. The number of hydrogen-bond donors (Lipinski definition) is 5. The summed E-state index contributed by atoms with van der Waals surface area (Å²) in [7, 11) is 0. The Bertz CT molecular complexity index is 1040. The molecule has 0 spiro atoms. The van der Waals surface area contributed by atoms with E-state index in [1.165, 1.54) is 0 Å². The summed E-state index contributed by atoms with van der Waals surface area (Å²) in [4.78, 5) is 11.3. The van der Waals surface area contributed by atoms with E-state index < -0.39 is 53.6 Å². The maximum Gasteiger partial charge on any atom is 0.306 e. The third-order valence-corrected chi connectivity index (χ3v) is 11.6. The Balaban J connectivity index is 1.39. The lowest BCUT2D eigenvalue weighted by Gasteiger charge is -2.46. The van der Waals surface area contributed by atoms with Crippen molar-refractivity contribution in [2.45, 2.75) is 154 Å². The van der Waals surface area contributed by atoms with Gasteiger partial charge in [0.05, 0.1) is 61.0 Å². The van der Waals surface area contributed by atoms with Crippen LogP contribution in [0, 0.1) is 35.5 Å². The Kier molecular flexibility index (Phi) is 10.9. The predicted octanol–water partition coefficient (Wildman–Crippen LogP) is 4.02. The molecule has 0 bridgehead atoms. The molecule has 3 saturated heterocycles.